The maximum Gasteiger partial charge on any atom is 0.217 e. The van der Waals surface area contributed by atoms with E-state index in [1.165, 1.54) is 59.0 Å². The van der Waals surface area contributed by atoms with Gasteiger partial charge in [0.25, 0.3) is 0 Å². The van der Waals surface area contributed by atoms with Gasteiger partial charge in [-0.05, 0) is 79.6 Å². The first-order chi connectivity index (χ1) is 16.1. The SMILES string of the molecule is Cc1cc2c(oc3ccc(C#N)cc32)c(-c2cc(C3CCCC3)c3ccccc3[n+]2C)c1C. The molecule has 3 nitrogen and oxygen atoms in total. The molecule has 3 heteroatoms. The van der Waals surface area contributed by atoms with Gasteiger partial charge in [0.15, 0.2) is 0 Å². The fourth-order valence-electron chi connectivity index (χ4n) is 5.79. The molecule has 0 unspecified atom stereocenters. The van der Waals surface area contributed by atoms with Crippen LogP contribution in [0.4, 0.5) is 0 Å². The first-order valence-corrected chi connectivity index (χ1v) is 11.9. The van der Waals surface area contributed by atoms with Gasteiger partial charge in [-0.1, -0.05) is 25.0 Å². The van der Waals surface area contributed by atoms with E-state index in [0.717, 1.165) is 27.5 Å². The highest BCUT2D eigenvalue weighted by molar-refractivity contribution is 6.10. The molecule has 0 bridgehead atoms. The standard InChI is InChI=1S/C30H27N2O/c1-18-14-25-24-15-20(17-31)12-13-28(24)33-30(25)29(19(18)2)27-16-23(21-8-4-5-9-21)22-10-6-7-11-26(22)32(27)3/h6-7,10-16,21H,4-5,8-9H2,1-3H3/q+1. The summed E-state index contributed by atoms with van der Waals surface area (Å²) in [5, 5.41) is 12.9. The molecule has 0 atom stereocenters. The normalized spacial score (nSPS) is 14.5. The van der Waals surface area contributed by atoms with Crippen molar-refractivity contribution in [2.45, 2.75) is 45.4 Å². The quantitative estimate of drug-likeness (QED) is 0.274. The van der Waals surface area contributed by atoms with Crippen LogP contribution in [0.25, 0.3) is 44.1 Å². The predicted molar refractivity (Wildman–Crippen MR) is 133 cm³/mol. The Morgan fingerprint density at radius 2 is 1.73 bits per heavy atom. The van der Waals surface area contributed by atoms with Crippen molar-refractivity contribution in [3.05, 3.63) is 76.9 Å². The number of hydrogen-bond donors (Lipinski definition) is 0. The van der Waals surface area contributed by atoms with Gasteiger partial charge in [0.2, 0.25) is 11.2 Å². The van der Waals surface area contributed by atoms with Gasteiger partial charge in [-0.2, -0.15) is 9.83 Å². The number of pyridine rings is 1. The number of nitriles is 1. The van der Waals surface area contributed by atoms with E-state index in [1.807, 2.05) is 18.2 Å². The first kappa shape index (κ1) is 20.0. The van der Waals surface area contributed by atoms with Crippen molar-refractivity contribution in [3.8, 4) is 17.3 Å². The number of hydrogen-bond acceptors (Lipinski definition) is 2. The predicted octanol–water partition coefficient (Wildman–Crippen LogP) is 7.38. The maximum atomic E-state index is 9.43. The van der Waals surface area contributed by atoms with Gasteiger partial charge in [-0.25, -0.2) is 0 Å². The summed E-state index contributed by atoms with van der Waals surface area (Å²) in [4.78, 5) is 0. The molecule has 1 saturated carbocycles. The summed E-state index contributed by atoms with van der Waals surface area (Å²) in [5.41, 5.74) is 9.95. The van der Waals surface area contributed by atoms with Crippen LogP contribution in [-0.2, 0) is 7.05 Å². The molecule has 0 amide bonds. The van der Waals surface area contributed by atoms with Crippen LogP contribution in [0.15, 0.2) is 59.0 Å². The van der Waals surface area contributed by atoms with Crippen molar-refractivity contribution < 1.29 is 8.98 Å². The van der Waals surface area contributed by atoms with Crippen LogP contribution in [0.1, 0.15) is 53.9 Å². The summed E-state index contributed by atoms with van der Waals surface area (Å²) in [5.74, 6) is 0.615. The van der Waals surface area contributed by atoms with Crippen molar-refractivity contribution in [1.82, 2.24) is 0 Å². The lowest BCUT2D eigenvalue weighted by molar-refractivity contribution is -0.633. The molecule has 0 N–H and O–H groups in total. The zero-order chi connectivity index (χ0) is 22.7. The summed E-state index contributed by atoms with van der Waals surface area (Å²) in [6.45, 7) is 4.37. The highest BCUT2D eigenvalue weighted by atomic mass is 16.3. The zero-order valence-corrected chi connectivity index (χ0v) is 19.4. The number of fused-ring (bicyclic) bond motifs is 4. The lowest BCUT2D eigenvalue weighted by Gasteiger charge is -2.16. The Morgan fingerprint density at radius 1 is 0.939 bits per heavy atom. The molecule has 33 heavy (non-hydrogen) atoms. The molecule has 1 fully saturated rings. The van der Waals surface area contributed by atoms with Crippen LogP contribution < -0.4 is 4.57 Å². The van der Waals surface area contributed by atoms with E-state index in [9.17, 15) is 5.26 Å². The Kier molecular flexibility index (Phi) is 4.52. The van der Waals surface area contributed by atoms with Crippen molar-refractivity contribution in [3.63, 3.8) is 0 Å². The van der Waals surface area contributed by atoms with Crippen LogP contribution in [0.5, 0.6) is 0 Å². The van der Waals surface area contributed by atoms with Crippen molar-refractivity contribution >= 4 is 32.8 Å². The summed E-state index contributed by atoms with van der Waals surface area (Å²) in [6.07, 6.45) is 5.16. The summed E-state index contributed by atoms with van der Waals surface area (Å²) in [6, 6.07) is 21.4. The number of aryl methyl sites for hydroxylation is 2. The molecule has 0 aliphatic heterocycles. The Hall–Kier alpha value is -3.64. The third kappa shape index (κ3) is 2.98. The number of rotatable bonds is 2. The zero-order valence-electron chi connectivity index (χ0n) is 19.4. The van der Waals surface area contributed by atoms with E-state index in [4.69, 9.17) is 4.42 Å². The molecule has 0 spiro atoms. The third-order valence-electron chi connectivity index (χ3n) is 7.69. The van der Waals surface area contributed by atoms with Crippen molar-refractivity contribution in [1.29, 1.82) is 5.26 Å². The molecule has 0 radical (unpaired) electrons. The van der Waals surface area contributed by atoms with Crippen LogP contribution in [0.3, 0.4) is 0 Å². The van der Waals surface area contributed by atoms with E-state index in [1.54, 1.807) is 0 Å². The first-order valence-electron chi connectivity index (χ1n) is 11.9. The van der Waals surface area contributed by atoms with Crippen molar-refractivity contribution in [2.75, 3.05) is 0 Å². The van der Waals surface area contributed by atoms with Gasteiger partial charge in [0.05, 0.1) is 17.2 Å². The second-order valence-electron chi connectivity index (χ2n) is 9.54. The Labute approximate surface area is 193 Å². The lowest BCUT2D eigenvalue weighted by atomic mass is 9.90. The molecule has 6 rings (SSSR count). The summed E-state index contributed by atoms with van der Waals surface area (Å²) < 4.78 is 8.81. The van der Waals surface area contributed by atoms with E-state index in [2.05, 4.69) is 67.9 Å². The van der Waals surface area contributed by atoms with E-state index >= 15 is 0 Å². The molecule has 1 aliphatic carbocycles. The van der Waals surface area contributed by atoms with Crippen LogP contribution in [0.2, 0.25) is 0 Å². The van der Waals surface area contributed by atoms with E-state index < -0.39 is 0 Å². The van der Waals surface area contributed by atoms with Gasteiger partial charge in [-0.15, -0.1) is 0 Å². The number of para-hydroxylation sites is 1. The highest BCUT2D eigenvalue weighted by Crippen LogP contribution is 2.42. The monoisotopic (exact) mass is 431 g/mol. The second-order valence-corrected chi connectivity index (χ2v) is 9.54. The molecule has 0 saturated heterocycles. The number of benzene rings is 3. The third-order valence-corrected chi connectivity index (χ3v) is 7.69. The summed E-state index contributed by atoms with van der Waals surface area (Å²) in [7, 11) is 2.17. The molecule has 3 aromatic carbocycles. The smallest absolute Gasteiger partial charge is 0.217 e. The van der Waals surface area contributed by atoms with Crippen LogP contribution >= 0.6 is 0 Å². The minimum atomic E-state index is 0.615. The van der Waals surface area contributed by atoms with Crippen LogP contribution in [-0.4, -0.2) is 0 Å². The van der Waals surface area contributed by atoms with Gasteiger partial charge in [0.1, 0.15) is 18.2 Å². The maximum absolute atomic E-state index is 9.43. The topological polar surface area (TPSA) is 40.8 Å². The van der Waals surface area contributed by atoms with Gasteiger partial charge < -0.3 is 4.42 Å². The van der Waals surface area contributed by atoms with E-state index in [-0.39, 0.29) is 0 Å². The lowest BCUT2D eigenvalue weighted by Crippen LogP contribution is -2.33. The van der Waals surface area contributed by atoms with E-state index in [0.29, 0.717) is 11.5 Å². The van der Waals surface area contributed by atoms with Crippen LogP contribution in [0, 0.1) is 25.2 Å². The fourth-order valence-corrected chi connectivity index (χ4v) is 5.79. The average Bonchev–Trinajstić information content (AvgIpc) is 3.49. The minimum absolute atomic E-state index is 0.615. The fraction of sp³-hybridized carbons (Fsp3) is 0.267. The molecule has 2 heterocycles. The molecule has 2 aromatic heterocycles. The molecular formula is C30H27N2O+. The number of furan rings is 1. The Morgan fingerprint density at radius 3 is 2.52 bits per heavy atom. The largest absolute Gasteiger partial charge is 0.455 e. The highest BCUT2D eigenvalue weighted by Gasteiger charge is 2.28. The van der Waals surface area contributed by atoms with Gasteiger partial charge in [-0.3, -0.25) is 0 Å². The number of nitrogens with zero attached hydrogens (tertiary/aromatic N) is 2. The molecular weight excluding hydrogens is 404 g/mol. The Bertz CT molecular complexity index is 1610. The number of aromatic nitrogens is 1. The molecule has 5 aromatic rings. The second kappa shape index (κ2) is 7.46. The average molecular weight is 432 g/mol. The summed E-state index contributed by atoms with van der Waals surface area (Å²) >= 11 is 0. The van der Waals surface area contributed by atoms with Crippen molar-refractivity contribution in [2.24, 2.45) is 7.05 Å². The molecule has 1 aliphatic rings. The Balaban J connectivity index is 1.73. The molecule has 162 valence electrons. The van der Waals surface area contributed by atoms with Gasteiger partial charge in [0, 0.05) is 28.3 Å². The van der Waals surface area contributed by atoms with Gasteiger partial charge >= 0.3 is 0 Å². The minimum Gasteiger partial charge on any atom is -0.455 e.